The molecule has 2 spiro atoms. The summed E-state index contributed by atoms with van der Waals surface area (Å²) < 4.78 is 11.5. The van der Waals surface area contributed by atoms with Gasteiger partial charge in [0.2, 0.25) is 0 Å². The predicted octanol–water partition coefficient (Wildman–Crippen LogP) is 0.390. The molecule has 27 heavy (non-hydrogen) atoms. The van der Waals surface area contributed by atoms with E-state index < -0.39 is 58.0 Å². The molecule has 2 aliphatic heterocycles. The van der Waals surface area contributed by atoms with E-state index in [1.54, 1.807) is 0 Å². The molecule has 2 heterocycles. The number of hydrogen-bond donors (Lipinski definition) is 3. The highest BCUT2D eigenvalue weighted by Crippen LogP contribution is 2.71. The second kappa shape index (κ2) is 4.93. The van der Waals surface area contributed by atoms with E-state index in [0.717, 1.165) is 0 Å². The lowest BCUT2D eigenvalue weighted by Gasteiger charge is -2.62. The van der Waals surface area contributed by atoms with Gasteiger partial charge in [-0.05, 0) is 43.4 Å². The van der Waals surface area contributed by atoms with E-state index >= 15 is 0 Å². The minimum absolute atomic E-state index is 0.194. The Morgan fingerprint density at radius 3 is 2.52 bits per heavy atom. The summed E-state index contributed by atoms with van der Waals surface area (Å²) in [6.45, 7) is 5.51. The molecule has 150 valence electrons. The van der Waals surface area contributed by atoms with Crippen molar-refractivity contribution >= 4 is 11.8 Å². The molecule has 7 heteroatoms. The van der Waals surface area contributed by atoms with Gasteiger partial charge in [0.05, 0.1) is 12.7 Å². The van der Waals surface area contributed by atoms with Crippen molar-refractivity contribution in [3.05, 3.63) is 0 Å². The van der Waals surface area contributed by atoms with E-state index in [2.05, 4.69) is 0 Å². The van der Waals surface area contributed by atoms with Crippen molar-refractivity contribution in [1.82, 2.24) is 0 Å². The number of aliphatic hydroxyl groups excluding tert-OH is 2. The van der Waals surface area contributed by atoms with E-state index in [0.29, 0.717) is 19.3 Å². The molecule has 5 rings (SSSR count). The van der Waals surface area contributed by atoms with Crippen molar-refractivity contribution in [2.24, 2.45) is 34.0 Å². The van der Waals surface area contributed by atoms with Gasteiger partial charge in [-0.3, -0.25) is 9.59 Å². The molecule has 3 N–H and O–H groups in total. The van der Waals surface area contributed by atoms with Crippen molar-refractivity contribution in [2.75, 3.05) is 6.61 Å². The number of fused-ring (bicyclic) bond motifs is 1. The summed E-state index contributed by atoms with van der Waals surface area (Å²) in [5, 5.41) is 32.3. The maximum Gasteiger partial charge on any atom is 0.320 e. The first kappa shape index (κ1) is 18.0. The van der Waals surface area contributed by atoms with Gasteiger partial charge in [-0.1, -0.05) is 13.8 Å². The Balaban J connectivity index is 1.71. The Bertz CT molecular complexity index is 730. The number of ether oxygens (including phenoxy) is 2. The van der Waals surface area contributed by atoms with Gasteiger partial charge in [0.15, 0.2) is 12.1 Å². The predicted molar refractivity (Wildman–Crippen MR) is 91.1 cm³/mol. The van der Waals surface area contributed by atoms with Crippen LogP contribution in [0.15, 0.2) is 0 Å². The number of carbonyl (C=O) groups is 2. The zero-order valence-electron chi connectivity index (χ0n) is 16.0. The minimum atomic E-state index is -1.53. The van der Waals surface area contributed by atoms with Gasteiger partial charge >= 0.3 is 5.97 Å². The molecule has 9 atom stereocenters. The number of carbonyl (C=O) groups excluding carboxylic acids is 2. The van der Waals surface area contributed by atoms with E-state index in [9.17, 15) is 24.9 Å². The van der Waals surface area contributed by atoms with Crippen LogP contribution in [0, 0.1) is 34.0 Å². The topological polar surface area (TPSA) is 113 Å². The molecule has 3 saturated carbocycles. The molecule has 0 amide bonds. The lowest BCUT2D eigenvalue weighted by atomic mass is 9.43. The van der Waals surface area contributed by atoms with E-state index in [-0.39, 0.29) is 24.9 Å². The zero-order valence-corrected chi connectivity index (χ0v) is 16.0. The van der Waals surface area contributed by atoms with Crippen LogP contribution in [0.4, 0.5) is 0 Å². The first-order valence-electron chi connectivity index (χ1n) is 9.96. The normalized spacial score (nSPS) is 58.3. The van der Waals surface area contributed by atoms with Gasteiger partial charge in [0, 0.05) is 17.8 Å². The fourth-order valence-electron chi connectivity index (χ4n) is 7.56. The van der Waals surface area contributed by atoms with Crippen molar-refractivity contribution < 1.29 is 34.4 Å². The number of ketones is 1. The lowest BCUT2D eigenvalue weighted by molar-refractivity contribution is -0.253. The van der Waals surface area contributed by atoms with Crippen molar-refractivity contribution in [2.45, 2.75) is 70.6 Å². The standard InChI is InChI=1S/C20H28O7/c1-17(2)11(21)6-12-20(8-26-14(22)13(17)20)10-5-4-9-7-19(10,16(24)27-12)15(23)18(9,3)25/h9-14,21-22,25H,4-8H2,1-3H3/t9-,10+,11+,12+,13-,14-,18+,19+,20-/m1/s1. The molecule has 5 fully saturated rings. The van der Waals surface area contributed by atoms with E-state index in [1.165, 1.54) is 6.92 Å². The first-order valence-corrected chi connectivity index (χ1v) is 9.96. The van der Waals surface area contributed by atoms with Crippen molar-refractivity contribution in [3.8, 4) is 0 Å². The first-order chi connectivity index (χ1) is 12.5. The lowest BCUT2D eigenvalue weighted by Crippen LogP contribution is -2.70. The Morgan fingerprint density at radius 1 is 1.11 bits per heavy atom. The number of rotatable bonds is 0. The number of hydrogen-bond acceptors (Lipinski definition) is 7. The molecule has 0 aromatic carbocycles. The Labute approximate surface area is 158 Å². The highest BCUT2D eigenvalue weighted by atomic mass is 16.6. The average Bonchev–Trinajstić information content (AvgIpc) is 3.02. The zero-order chi connectivity index (χ0) is 19.6. The van der Waals surface area contributed by atoms with Crippen LogP contribution in [0.2, 0.25) is 0 Å². The van der Waals surface area contributed by atoms with Gasteiger partial charge in [-0.2, -0.15) is 0 Å². The molecule has 0 radical (unpaired) electrons. The van der Waals surface area contributed by atoms with Crippen LogP contribution < -0.4 is 0 Å². The summed E-state index contributed by atoms with van der Waals surface area (Å²) in [7, 11) is 0. The second-order valence-electron chi connectivity index (χ2n) is 10.2. The average molecular weight is 380 g/mol. The third-order valence-electron chi connectivity index (χ3n) is 8.95. The van der Waals surface area contributed by atoms with Crippen molar-refractivity contribution in [1.29, 1.82) is 0 Å². The summed E-state index contributed by atoms with van der Waals surface area (Å²) >= 11 is 0. The van der Waals surface area contributed by atoms with E-state index in [1.807, 2.05) is 13.8 Å². The summed E-state index contributed by atoms with van der Waals surface area (Å²) in [5.41, 5.74) is -4.28. The van der Waals surface area contributed by atoms with Crippen LogP contribution in [0.25, 0.3) is 0 Å². The SMILES string of the molecule is CC1(C)[C@H]2[C@H](O)OC[C@@]23[C@H](C[C@@H]1O)OC(=O)[C@@]12C[C@@H](CC[C@@H]13)[C@](C)(O)C2=O. The van der Waals surface area contributed by atoms with Gasteiger partial charge in [-0.15, -0.1) is 0 Å². The van der Waals surface area contributed by atoms with E-state index in [4.69, 9.17) is 9.47 Å². The maximum atomic E-state index is 13.3. The van der Waals surface area contributed by atoms with Crippen LogP contribution in [0.5, 0.6) is 0 Å². The Morgan fingerprint density at radius 2 is 1.81 bits per heavy atom. The monoisotopic (exact) mass is 380 g/mol. The van der Waals surface area contributed by atoms with Crippen LogP contribution in [-0.4, -0.2) is 57.8 Å². The molecule has 2 saturated heterocycles. The molecule has 2 bridgehead atoms. The number of Topliss-reactive ketones (excluding diaryl/α,β-unsaturated/α-hetero) is 1. The summed E-state index contributed by atoms with van der Waals surface area (Å²) in [5.74, 6) is -2.08. The molecular formula is C20H28O7. The number of esters is 1. The van der Waals surface area contributed by atoms with Crippen LogP contribution in [0.3, 0.4) is 0 Å². The highest BCUT2D eigenvalue weighted by molar-refractivity contribution is 6.10. The molecule has 7 nitrogen and oxygen atoms in total. The molecule has 0 aromatic rings. The summed E-state index contributed by atoms with van der Waals surface area (Å²) in [4.78, 5) is 26.5. The Kier molecular flexibility index (Phi) is 3.29. The molecule has 3 aliphatic carbocycles. The minimum Gasteiger partial charge on any atom is -0.461 e. The van der Waals surface area contributed by atoms with Gasteiger partial charge in [-0.25, -0.2) is 0 Å². The van der Waals surface area contributed by atoms with Crippen LogP contribution >= 0.6 is 0 Å². The Hall–Kier alpha value is -1.02. The fourth-order valence-corrected chi connectivity index (χ4v) is 7.56. The third-order valence-corrected chi connectivity index (χ3v) is 8.95. The third kappa shape index (κ3) is 1.74. The summed E-state index contributed by atoms with van der Waals surface area (Å²) in [6, 6.07) is 0. The molecule has 0 unspecified atom stereocenters. The van der Waals surface area contributed by atoms with Gasteiger partial charge < -0.3 is 24.8 Å². The second-order valence-corrected chi connectivity index (χ2v) is 10.2. The molecule has 5 aliphatic rings. The molecule has 0 aromatic heterocycles. The maximum absolute atomic E-state index is 13.3. The highest BCUT2D eigenvalue weighted by Gasteiger charge is 2.80. The summed E-state index contributed by atoms with van der Waals surface area (Å²) in [6.07, 6.45) is -0.608. The molecular weight excluding hydrogens is 352 g/mol. The van der Waals surface area contributed by atoms with Gasteiger partial charge in [0.1, 0.15) is 17.1 Å². The van der Waals surface area contributed by atoms with Gasteiger partial charge in [0.25, 0.3) is 0 Å². The fraction of sp³-hybridized carbons (Fsp3) is 0.900. The van der Waals surface area contributed by atoms with Crippen LogP contribution in [-0.2, 0) is 19.1 Å². The van der Waals surface area contributed by atoms with Crippen molar-refractivity contribution in [3.63, 3.8) is 0 Å². The smallest absolute Gasteiger partial charge is 0.320 e. The quantitative estimate of drug-likeness (QED) is 0.411. The largest absolute Gasteiger partial charge is 0.461 e. The van der Waals surface area contributed by atoms with Crippen LogP contribution in [0.1, 0.15) is 46.5 Å². The number of aliphatic hydroxyl groups is 3.